The van der Waals surface area contributed by atoms with Gasteiger partial charge in [0.2, 0.25) is 10.1 Å². The highest BCUT2D eigenvalue weighted by Crippen LogP contribution is 2.32. The van der Waals surface area contributed by atoms with Crippen molar-refractivity contribution < 1.29 is 4.39 Å². The molecule has 0 atom stereocenters. The first-order chi connectivity index (χ1) is 14.1. The predicted molar refractivity (Wildman–Crippen MR) is 114 cm³/mol. The summed E-state index contributed by atoms with van der Waals surface area (Å²) < 4.78 is 14.8. The van der Waals surface area contributed by atoms with E-state index in [1.165, 1.54) is 33.6 Å². The number of aromatic amines is 1. The zero-order chi connectivity index (χ0) is 20.0. The number of rotatable bonds is 4. The molecule has 1 aliphatic heterocycles. The maximum atomic E-state index is 13.4. The summed E-state index contributed by atoms with van der Waals surface area (Å²) in [4.78, 5) is 22.9. The lowest BCUT2D eigenvalue weighted by Crippen LogP contribution is -2.28. The second-order valence-electron chi connectivity index (χ2n) is 7.23. The van der Waals surface area contributed by atoms with E-state index >= 15 is 0 Å². The van der Waals surface area contributed by atoms with Crippen molar-refractivity contribution in [2.75, 3.05) is 18.0 Å². The highest BCUT2D eigenvalue weighted by Gasteiger charge is 2.19. The molecule has 1 aliphatic rings. The van der Waals surface area contributed by atoms with Crippen molar-refractivity contribution in [2.24, 2.45) is 0 Å². The molecular weight excluding hydrogens is 389 g/mol. The van der Waals surface area contributed by atoms with Crippen molar-refractivity contribution in [2.45, 2.75) is 26.2 Å². The van der Waals surface area contributed by atoms with Gasteiger partial charge in [0.25, 0.3) is 5.56 Å². The lowest BCUT2D eigenvalue weighted by molar-refractivity contribution is 0.629. The fourth-order valence-corrected chi connectivity index (χ4v) is 4.77. The molecule has 1 aromatic carbocycles. The van der Waals surface area contributed by atoms with Crippen LogP contribution in [-0.4, -0.2) is 32.7 Å². The molecule has 29 heavy (non-hydrogen) atoms. The lowest BCUT2D eigenvalue weighted by Gasteiger charge is -2.25. The summed E-state index contributed by atoms with van der Waals surface area (Å²) in [6, 6.07) is 6.42. The number of aryl methyl sites for hydroxylation is 1. The van der Waals surface area contributed by atoms with Crippen molar-refractivity contribution >= 4 is 37.9 Å². The molecule has 4 aromatic rings. The summed E-state index contributed by atoms with van der Waals surface area (Å²) in [5, 5.41) is 6.33. The number of nitrogens with one attached hydrogen (secondary N) is 1. The molecular formula is C21H20FN5OS. The van der Waals surface area contributed by atoms with E-state index in [9.17, 15) is 9.18 Å². The maximum absolute atomic E-state index is 13.4. The van der Waals surface area contributed by atoms with Crippen LogP contribution in [0.15, 0.2) is 41.3 Å². The van der Waals surface area contributed by atoms with Crippen LogP contribution in [0.25, 0.3) is 21.4 Å². The quantitative estimate of drug-likeness (QED) is 0.553. The second-order valence-corrected chi connectivity index (χ2v) is 8.17. The fourth-order valence-electron chi connectivity index (χ4n) is 3.81. The van der Waals surface area contributed by atoms with E-state index in [0.717, 1.165) is 53.1 Å². The Morgan fingerprint density at radius 3 is 3.00 bits per heavy atom. The maximum Gasteiger partial charge on any atom is 0.275 e. The van der Waals surface area contributed by atoms with E-state index in [1.54, 1.807) is 6.07 Å². The Balaban J connectivity index is 1.42. The van der Waals surface area contributed by atoms with Gasteiger partial charge in [-0.2, -0.15) is 4.52 Å². The van der Waals surface area contributed by atoms with Gasteiger partial charge in [0, 0.05) is 47.5 Å². The lowest BCUT2D eigenvalue weighted by atomic mass is 9.99. The third kappa shape index (κ3) is 3.23. The van der Waals surface area contributed by atoms with E-state index in [0.29, 0.717) is 11.5 Å². The van der Waals surface area contributed by atoms with E-state index < -0.39 is 0 Å². The first-order valence-electron chi connectivity index (χ1n) is 9.73. The van der Waals surface area contributed by atoms with Crippen LogP contribution in [0, 0.1) is 5.82 Å². The molecule has 4 heterocycles. The van der Waals surface area contributed by atoms with Crippen LogP contribution in [0.1, 0.15) is 31.0 Å². The summed E-state index contributed by atoms with van der Waals surface area (Å²) in [6.07, 6.45) is 6.73. The zero-order valence-electron chi connectivity index (χ0n) is 16.0. The molecule has 0 bridgehead atoms. The van der Waals surface area contributed by atoms with Crippen LogP contribution in [0.3, 0.4) is 0 Å². The minimum atomic E-state index is -0.239. The molecule has 3 aromatic heterocycles. The minimum absolute atomic E-state index is 0.125. The van der Waals surface area contributed by atoms with Crippen molar-refractivity contribution in [1.29, 1.82) is 0 Å². The number of hydrogen-bond donors (Lipinski definition) is 1. The van der Waals surface area contributed by atoms with Crippen molar-refractivity contribution in [1.82, 2.24) is 19.6 Å². The second kappa shape index (κ2) is 7.11. The molecule has 8 heteroatoms. The molecule has 5 rings (SSSR count). The van der Waals surface area contributed by atoms with Crippen LogP contribution < -0.4 is 10.5 Å². The summed E-state index contributed by atoms with van der Waals surface area (Å²) in [5.74, 6) is -0.239. The number of nitrogens with zero attached hydrogens (tertiary/aromatic N) is 4. The molecule has 148 valence electrons. The Hall–Kier alpha value is -3.00. The van der Waals surface area contributed by atoms with Gasteiger partial charge in [-0.3, -0.25) is 4.79 Å². The molecule has 0 spiro atoms. The van der Waals surface area contributed by atoms with Gasteiger partial charge in [-0.05, 0) is 36.6 Å². The normalized spacial score (nSPS) is 14.7. The van der Waals surface area contributed by atoms with Gasteiger partial charge in [-0.15, -0.1) is 5.10 Å². The Morgan fingerprint density at radius 1 is 1.31 bits per heavy atom. The summed E-state index contributed by atoms with van der Waals surface area (Å²) in [6.45, 7) is 3.58. The van der Waals surface area contributed by atoms with Crippen LogP contribution in [0.4, 0.5) is 9.52 Å². The predicted octanol–water partition coefficient (Wildman–Crippen LogP) is 4.02. The number of benzene rings is 1. The van der Waals surface area contributed by atoms with E-state index in [-0.39, 0.29) is 11.4 Å². The van der Waals surface area contributed by atoms with E-state index in [4.69, 9.17) is 0 Å². The average molecular weight is 409 g/mol. The Labute approximate surface area is 170 Å². The smallest absolute Gasteiger partial charge is 0.275 e. The minimum Gasteiger partial charge on any atom is -0.360 e. The standard InChI is InChI=1S/C21H20FN5OS/c1-2-3-15-11-19(28)27-20(24-15)29-21(25-27)26-8-6-13(7-9-26)17-12-23-18-10-14(22)4-5-16(17)18/h4-6,10-12,23H,2-3,7-9H2,1H3. The third-order valence-corrected chi connectivity index (χ3v) is 6.23. The summed E-state index contributed by atoms with van der Waals surface area (Å²) in [7, 11) is 0. The number of H-pyrrole nitrogens is 1. The zero-order valence-corrected chi connectivity index (χ0v) is 16.8. The van der Waals surface area contributed by atoms with Crippen LogP contribution in [0.5, 0.6) is 0 Å². The number of fused-ring (bicyclic) bond motifs is 2. The van der Waals surface area contributed by atoms with Gasteiger partial charge in [0.15, 0.2) is 0 Å². The van der Waals surface area contributed by atoms with Crippen molar-refractivity contribution in [3.63, 3.8) is 0 Å². The van der Waals surface area contributed by atoms with Gasteiger partial charge in [-0.1, -0.05) is 30.8 Å². The Bertz CT molecular complexity index is 1300. The van der Waals surface area contributed by atoms with Gasteiger partial charge >= 0.3 is 0 Å². The van der Waals surface area contributed by atoms with Gasteiger partial charge < -0.3 is 9.88 Å². The monoisotopic (exact) mass is 409 g/mol. The number of halogens is 1. The molecule has 0 amide bonds. The summed E-state index contributed by atoms with van der Waals surface area (Å²) >= 11 is 1.45. The summed E-state index contributed by atoms with van der Waals surface area (Å²) in [5.41, 5.74) is 3.86. The van der Waals surface area contributed by atoms with Gasteiger partial charge in [-0.25, -0.2) is 9.37 Å². The highest BCUT2D eigenvalue weighted by molar-refractivity contribution is 7.20. The van der Waals surface area contributed by atoms with E-state index in [1.807, 2.05) is 12.3 Å². The van der Waals surface area contributed by atoms with Crippen molar-refractivity contribution in [3.8, 4) is 0 Å². The third-order valence-electron chi connectivity index (χ3n) is 5.26. The Kier molecular flexibility index (Phi) is 4.43. The molecule has 0 unspecified atom stereocenters. The SMILES string of the molecule is CCCc1cc(=O)n2nc(N3CC=C(c4c[nH]c5cc(F)ccc45)CC3)sc2n1. The molecule has 6 nitrogen and oxygen atoms in total. The highest BCUT2D eigenvalue weighted by atomic mass is 32.1. The first-order valence-corrected chi connectivity index (χ1v) is 10.5. The number of hydrogen-bond acceptors (Lipinski definition) is 5. The van der Waals surface area contributed by atoms with Crippen LogP contribution in [-0.2, 0) is 6.42 Å². The van der Waals surface area contributed by atoms with Crippen LogP contribution in [0.2, 0.25) is 0 Å². The molecule has 1 N–H and O–H groups in total. The molecule has 0 fully saturated rings. The molecule has 0 radical (unpaired) electrons. The Morgan fingerprint density at radius 2 is 2.21 bits per heavy atom. The first kappa shape index (κ1) is 18.1. The van der Waals surface area contributed by atoms with Gasteiger partial charge in [0.05, 0.1) is 0 Å². The van der Waals surface area contributed by atoms with Crippen LogP contribution >= 0.6 is 11.3 Å². The molecule has 0 saturated heterocycles. The molecule has 0 aliphatic carbocycles. The van der Waals surface area contributed by atoms with Gasteiger partial charge in [0.1, 0.15) is 5.82 Å². The number of anilines is 1. The van der Waals surface area contributed by atoms with E-state index in [2.05, 4.69) is 33.0 Å². The van der Waals surface area contributed by atoms with Crippen molar-refractivity contribution in [3.05, 3.63) is 64.0 Å². The largest absolute Gasteiger partial charge is 0.360 e. The average Bonchev–Trinajstić information content (AvgIpc) is 3.32. The molecule has 0 saturated carbocycles. The topological polar surface area (TPSA) is 66.3 Å². The fraction of sp³-hybridized carbons (Fsp3) is 0.286. The number of aromatic nitrogens is 4.